The van der Waals surface area contributed by atoms with E-state index in [-0.39, 0.29) is 0 Å². The zero-order chi connectivity index (χ0) is 9.80. The lowest BCUT2D eigenvalue weighted by atomic mass is 9.87. The first-order valence-electron chi connectivity index (χ1n) is 6.19. The number of thioether (sulfide) groups is 1. The molecule has 0 amide bonds. The number of rotatable bonds is 3. The molecule has 1 saturated carbocycles. The van der Waals surface area contributed by atoms with Crippen LogP contribution in [0.4, 0.5) is 0 Å². The van der Waals surface area contributed by atoms with Gasteiger partial charge in [-0.25, -0.2) is 0 Å². The third-order valence-corrected chi connectivity index (χ3v) is 5.00. The minimum Gasteiger partial charge on any atom is -0.327 e. The molecule has 2 heteroatoms. The topological polar surface area (TPSA) is 26.0 Å². The first-order chi connectivity index (χ1) is 6.86. The van der Waals surface area contributed by atoms with Crippen LogP contribution in [0.25, 0.3) is 0 Å². The van der Waals surface area contributed by atoms with Gasteiger partial charge in [0.05, 0.1) is 0 Å². The average molecular weight is 213 g/mol. The summed E-state index contributed by atoms with van der Waals surface area (Å²) in [5, 5.41) is 0. The molecule has 0 spiro atoms. The van der Waals surface area contributed by atoms with Crippen LogP contribution in [0.2, 0.25) is 0 Å². The molecule has 0 radical (unpaired) electrons. The van der Waals surface area contributed by atoms with Crippen LogP contribution in [-0.4, -0.2) is 17.5 Å². The SMILES string of the molecule is NC(CC1CCSCC1)C1CCCC1. The predicted octanol–water partition coefficient (Wildman–Crippen LogP) is 3.04. The van der Waals surface area contributed by atoms with Gasteiger partial charge < -0.3 is 5.73 Å². The van der Waals surface area contributed by atoms with Crippen molar-refractivity contribution in [3.05, 3.63) is 0 Å². The fourth-order valence-electron chi connectivity index (χ4n) is 2.94. The molecule has 1 nitrogen and oxygen atoms in total. The summed E-state index contributed by atoms with van der Waals surface area (Å²) in [6.45, 7) is 0. The lowest BCUT2D eigenvalue weighted by molar-refractivity contribution is 0.331. The summed E-state index contributed by atoms with van der Waals surface area (Å²) in [4.78, 5) is 0. The van der Waals surface area contributed by atoms with Gasteiger partial charge in [0, 0.05) is 6.04 Å². The lowest BCUT2D eigenvalue weighted by Gasteiger charge is -2.27. The van der Waals surface area contributed by atoms with Crippen molar-refractivity contribution in [2.75, 3.05) is 11.5 Å². The Kier molecular flexibility index (Phi) is 4.18. The van der Waals surface area contributed by atoms with E-state index in [1.54, 1.807) is 0 Å². The van der Waals surface area contributed by atoms with Crippen LogP contribution in [0.1, 0.15) is 44.9 Å². The van der Waals surface area contributed by atoms with Crippen molar-refractivity contribution in [1.82, 2.24) is 0 Å². The molecule has 0 bridgehead atoms. The maximum atomic E-state index is 6.30. The molecule has 1 atom stereocenters. The second kappa shape index (κ2) is 5.41. The molecule has 2 N–H and O–H groups in total. The molecule has 1 saturated heterocycles. The minimum atomic E-state index is 0.519. The summed E-state index contributed by atoms with van der Waals surface area (Å²) in [5.41, 5.74) is 6.30. The number of hydrogen-bond acceptors (Lipinski definition) is 2. The standard InChI is InChI=1S/C12H23NS/c13-12(11-3-1-2-4-11)9-10-5-7-14-8-6-10/h10-12H,1-9,13H2. The van der Waals surface area contributed by atoms with Gasteiger partial charge in [0.2, 0.25) is 0 Å². The van der Waals surface area contributed by atoms with Crippen LogP contribution in [0.5, 0.6) is 0 Å². The van der Waals surface area contributed by atoms with Crippen LogP contribution in [0.3, 0.4) is 0 Å². The van der Waals surface area contributed by atoms with Gasteiger partial charge in [-0.2, -0.15) is 11.8 Å². The van der Waals surface area contributed by atoms with Gasteiger partial charge in [0.1, 0.15) is 0 Å². The molecular weight excluding hydrogens is 190 g/mol. The molecule has 0 aromatic heterocycles. The first-order valence-corrected chi connectivity index (χ1v) is 7.35. The van der Waals surface area contributed by atoms with Gasteiger partial charge in [0.15, 0.2) is 0 Å². The summed E-state index contributed by atoms with van der Waals surface area (Å²) in [7, 11) is 0. The number of hydrogen-bond donors (Lipinski definition) is 1. The van der Waals surface area contributed by atoms with Gasteiger partial charge >= 0.3 is 0 Å². The van der Waals surface area contributed by atoms with Gasteiger partial charge in [-0.05, 0) is 55.4 Å². The van der Waals surface area contributed by atoms with E-state index in [1.165, 1.54) is 56.5 Å². The van der Waals surface area contributed by atoms with Gasteiger partial charge in [-0.1, -0.05) is 12.8 Å². The van der Waals surface area contributed by atoms with E-state index in [9.17, 15) is 0 Å². The van der Waals surface area contributed by atoms with Crippen molar-refractivity contribution in [3.63, 3.8) is 0 Å². The molecule has 82 valence electrons. The van der Waals surface area contributed by atoms with Crippen molar-refractivity contribution in [2.45, 2.75) is 51.0 Å². The van der Waals surface area contributed by atoms with Gasteiger partial charge in [-0.3, -0.25) is 0 Å². The molecular formula is C12H23NS. The molecule has 14 heavy (non-hydrogen) atoms. The highest BCUT2D eigenvalue weighted by molar-refractivity contribution is 7.99. The predicted molar refractivity (Wildman–Crippen MR) is 64.6 cm³/mol. The highest BCUT2D eigenvalue weighted by atomic mass is 32.2. The highest BCUT2D eigenvalue weighted by Crippen LogP contribution is 2.32. The normalized spacial score (nSPS) is 28.1. The second-order valence-electron chi connectivity index (χ2n) is 5.00. The van der Waals surface area contributed by atoms with Gasteiger partial charge in [-0.15, -0.1) is 0 Å². The van der Waals surface area contributed by atoms with Crippen LogP contribution in [-0.2, 0) is 0 Å². The van der Waals surface area contributed by atoms with Crippen molar-refractivity contribution in [2.24, 2.45) is 17.6 Å². The van der Waals surface area contributed by atoms with E-state index in [1.807, 2.05) is 0 Å². The summed E-state index contributed by atoms with van der Waals surface area (Å²) in [6.07, 6.45) is 9.82. The Morgan fingerprint density at radius 3 is 2.36 bits per heavy atom. The molecule has 2 rings (SSSR count). The first kappa shape index (κ1) is 10.8. The molecule has 0 aromatic rings. The van der Waals surface area contributed by atoms with E-state index in [2.05, 4.69) is 11.8 Å². The highest BCUT2D eigenvalue weighted by Gasteiger charge is 2.25. The largest absolute Gasteiger partial charge is 0.327 e. The third-order valence-electron chi connectivity index (χ3n) is 3.95. The Morgan fingerprint density at radius 2 is 1.71 bits per heavy atom. The number of nitrogens with two attached hydrogens (primary N) is 1. The monoisotopic (exact) mass is 213 g/mol. The zero-order valence-electron chi connectivity index (χ0n) is 9.08. The maximum Gasteiger partial charge on any atom is 0.00698 e. The van der Waals surface area contributed by atoms with E-state index in [0.29, 0.717) is 6.04 Å². The second-order valence-corrected chi connectivity index (χ2v) is 6.22. The van der Waals surface area contributed by atoms with Crippen LogP contribution in [0.15, 0.2) is 0 Å². The van der Waals surface area contributed by atoms with Crippen LogP contribution in [0, 0.1) is 11.8 Å². The van der Waals surface area contributed by atoms with E-state index in [4.69, 9.17) is 5.73 Å². The molecule has 2 aliphatic rings. The van der Waals surface area contributed by atoms with E-state index < -0.39 is 0 Å². The summed E-state index contributed by atoms with van der Waals surface area (Å²) >= 11 is 2.12. The Morgan fingerprint density at radius 1 is 1.07 bits per heavy atom. The molecule has 1 aliphatic carbocycles. The van der Waals surface area contributed by atoms with Crippen molar-refractivity contribution < 1.29 is 0 Å². The third kappa shape index (κ3) is 2.90. The average Bonchev–Trinajstić information content (AvgIpc) is 2.72. The Hall–Kier alpha value is 0.310. The smallest absolute Gasteiger partial charge is 0.00698 e. The quantitative estimate of drug-likeness (QED) is 0.780. The lowest BCUT2D eigenvalue weighted by Crippen LogP contribution is -2.31. The van der Waals surface area contributed by atoms with Crippen LogP contribution >= 0.6 is 11.8 Å². The molecule has 1 unspecified atom stereocenters. The van der Waals surface area contributed by atoms with Crippen molar-refractivity contribution in [1.29, 1.82) is 0 Å². The Balaban J connectivity index is 1.72. The van der Waals surface area contributed by atoms with Crippen molar-refractivity contribution >= 4 is 11.8 Å². The maximum absolute atomic E-state index is 6.30. The molecule has 0 aromatic carbocycles. The Bertz CT molecular complexity index is 160. The molecule has 1 heterocycles. The van der Waals surface area contributed by atoms with E-state index >= 15 is 0 Å². The zero-order valence-corrected chi connectivity index (χ0v) is 9.90. The summed E-state index contributed by atoms with van der Waals surface area (Å²) in [6, 6.07) is 0.519. The molecule has 2 fully saturated rings. The molecule has 1 aliphatic heterocycles. The summed E-state index contributed by atoms with van der Waals surface area (Å²) < 4.78 is 0. The van der Waals surface area contributed by atoms with Gasteiger partial charge in [0.25, 0.3) is 0 Å². The Labute approximate surface area is 92.2 Å². The van der Waals surface area contributed by atoms with Crippen LogP contribution < -0.4 is 5.73 Å². The summed E-state index contributed by atoms with van der Waals surface area (Å²) in [5.74, 6) is 4.57. The van der Waals surface area contributed by atoms with E-state index in [0.717, 1.165) is 11.8 Å². The van der Waals surface area contributed by atoms with Crippen molar-refractivity contribution in [3.8, 4) is 0 Å². The fourth-order valence-corrected chi connectivity index (χ4v) is 4.15. The fraction of sp³-hybridized carbons (Fsp3) is 1.00. The minimum absolute atomic E-state index is 0.519.